The van der Waals surface area contributed by atoms with E-state index in [1.807, 2.05) is 36.0 Å². The lowest BCUT2D eigenvalue weighted by Gasteiger charge is -1.99. The Morgan fingerprint density at radius 3 is 2.93 bits per heavy atom. The normalized spacial score (nSPS) is 11.0. The van der Waals surface area contributed by atoms with Crippen LogP contribution < -0.4 is 0 Å². The van der Waals surface area contributed by atoms with Gasteiger partial charge in [-0.05, 0) is 6.07 Å². The Labute approximate surface area is 95.5 Å². The van der Waals surface area contributed by atoms with Crippen molar-refractivity contribution in [1.29, 1.82) is 0 Å². The first kappa shape index (κ1) is 8.95. The van der Waals surface area contributed by atoms with Crippen molar-refractivity contribution in [3.05, 3.63) is 41.0 Å². The van der Waals surface area contributed by atoms with Gasteiger partial charge in [0.2, 0.25) is 0 Å². The second-order valence-electron chi connectivity index (χ2n) is 3.21. The zero-order valence-corrected chi connectivity index (χ0v) is 9.27. The molecule has 0 aliphatic carbocycles. The molecular formula is C11H7ClN2S. The molecule has 15 heavy (non-hydrogen) atoms. The van der Waals surface area contributed by atoms with Crippen LogP contribution in [0, 0.1) is 0 Å². The van der Waals surface area contributed by atoms with Crippen LogP contribution in [0.4, 0.5) is 0 Å². The van der Waals surface area contributed by atoms with Gasteiger partial charge in [0.15, 0.2) is 0 Å². The predicted octanol–water partition coefficient (Wildman–Crippen LogP) is 3.94. The van der Waals surface area contributed by atoms with Gasteiger partial charge in [0.1, 0.15) is 5.65 Å². The third-order valence-electron chi connectivity index (χ3n) is 2.33. The van der Waals surface area contributed by atoms with Crippen molar-refractivity contribution in [2.24, 2.45) is 0 Å². The maximum absolute atomic E-state index is 6.15. The van der Waals surface area contributed by atoms with E-state index in [0.29, 0.717) is 0 Å². The second kappa shape index (κ2) is 3.36. The van der Waals surface area contributed by atoms with E-state index in [-0.39, 0.29) is 0 Å². The van der Waals surface area contributed by atoms with Gasteiger partial charge in [0, 0.05) is 22.3 Å². The molecule has 0 aliphatic heterocycles. The molecule has 1 aromatic carbocycles. The molecule has 3 aromatic rings. The van der Waals surface area contributed by atoms with E-state index in [0.717, 1.165) is 26.5 Å². The van der Waals surface area contributed by atoms with Crippen LogP contribution in [0.2, 0.25) is 5.02 Å². The minimum Gasteiger partial charge on any atom is -0.345 e. The molecule has 0 fully saturated rings. The molecule has 0 spiro atoms. The van der Waals surface area contributed by atoms with E-state index in [9.17, 15) is 0 Å². The molecule has 3 rings (SSSR count). The third-order valence-corrected chi connectivity index (χ3v) is 3.52. The largest absolute Gasteiger partial charge is 0.345 e. The average Bonchev–Trinajstić information content (AvgIpc) is 2.80. The Kier molecular flexibility index (Phi) is 2.01. The maximum atomic E-state index is 6.15. The molecule has 0 amide bonds. The number of fused-ring (bicyclic) bond motifs is 1. The van der Waals surface area contributed by atoms with Gasteiger partial charge >= 0.3 is 0 Å². The van der Waals surface area contributed by atoms with Gasteiger partial charge in [0.05, 0.1) is 10.2 Å². The van der Waals surface area contributed by atoms with Crippen molar-refractivity contribution in [3.8, 4) is 11.1 Å². The molecule has 0 radical (unpaired) electrons. The number of halogens is 1. The number of H-pyrrole nitrogens is 1. The summed E-state index contributed by atoms with van der Waals surface area (Å²) in [7, 11) is 0. The van der Waals surface area contributed by atoms with Gasteiger partial charge in [-0.15, -0.1) is 11.3 Å². The summed E-state index contributed by atoms with van der Waals surface area (Å²) in [6.45, 7) is 0. The molecule has 2 aromatic heterocycles. The Bertz CT molecular complexity index is 612. The number of aromatic amines is 1. The maximum Gasteiger partial charge on any atom is 0.149 e. The smallest absolute Gasteiger partial charge is 0.149 e. The van der Waals surface area contributed by atoms with Crippen molar-refractivity contribution in [1.82, 2.24) is 9.97 Å². The van der Waals surface area contributed by atoms with Gasteiger partial charge in [-0.1, -0.05) is 29.8 Å². The Morgan fingerprint density at radius 2 is 2.07 bits per heavy atom. The van der Waals surface area contributed by atoms with E-state index in [1.165, 1.54) is 0 Å². The number of thiazole rings is 1. The molecule has 0 saturated carbocycles. The SMILES string of the molecule is Clc1ccccc1-c1c[nH]c2ncsc12. The first-order valence-electron chi connectivity index (χ1n) is 4.52. The monoisotopic (exact) mass is 234 g/mol. The van der Waals surface area contributed by atoms with E-state index in [2.05, 4.69) is 9.97 Å². The number of hydrogen-bond donors (Lipinski definition) is 1. The highest BCUT2D eigenvalue weighted by Crippen LogP contribution is 2.34. The van der Waals surface area contributed by atoms with Crippen LogP contribution in [-0.2, 0) is 0 Å². The summed E-state index contributed by atoms with van der Waals surface area (Å²) in [5.74, 6) is 0. The van der Waals surface area contributed by atoms with Gasteiger partial charge in [-0.2, -0.15) is 0 Å². The number of aromatic nitrogens is 2. The molecule has 0 aliphatic rings. The van der Waals surface area contributed by atoms with Gasteiger partial charge in [-0.25, -0.2) is 4.98 Å². The molecule has 0 unspecified atom stereocenters. The predicted molar refractivity (Wildman–Crippen MR) is 64.4 cm³/mol. The average molecular weight is 235 g/mol. The number of nitrogens with one attached hydrogen (secondary N) is 1. The molecule has 0 atom stereocenters. The highest BCUT2D eigenvalue weighted by molar-refractivity contribution is 7.17. The molecule has 2 heterocycles. The van der Waals surface area contributed by atoms with E-state index in [4.69, 9.17) is 11.6 Å². The summed E-state index contributed by atoms with van der Waals surface area (Å²) in [6.07, 6.45) is 1.95. The molecule has 0 bridgehead atoms. The van der Waals surface area contributed by atoms with E-state index >= 15 is 0 Å². The summed E-state index contributed by atoms with van der Waals surface area (Å²) in [4.78, 5) is 7.35. The summed E-state index contributed by atoms with van der Waals surface area (Å²) in [5, 5.41) is 0.770. The number of rotatable bonds is 1. The van der Waals surface area contributed by atoms with Crippen LogP contribution in [0.5, 0.6) is 0 Å². The van der Waals surface area contributed by atoms with Crippen molar-refractivity contribution >= 4 is 33.3 Å². The fourth-order valence-electron chi connectivity index (χ4n) is 1.63. The van der Waals surface area contributed by atoms with Crippen LogP contribution in [0.25, 0.3) is 21.5 Å². The van der Waals surface area contributed by atoms with Crippen molar-refractivity contribution in [3.63, 3.8) is 0 Å². The summed E-state index contributed by atoms with van der Waals surface area (Å²) in [5.41, 5.74) is 4.93. The fraction of sp³-hybridized carbons (Fsp3) is 0. The Morgan fingerprint density at radius 1 is 1.20 bits per heavy atom. The van der Waals surface area contributed by atoms with Crippen LogP contribution >= 0.6 is 22.9 Å². The van der Waals surface area contributed by atoms with Crippen LogP contribution in [-0.4, -0.2) is 9.97 Å². The summed E-state index contributed by atoms with van der Waals surface area (Å²) >= 11 is 7.78. The van der Waals surface area contributed by atoms with Crippen LogP contribution in [0.15, 0.2) is 36.0 Å². The lowest BCUT2D eigenvalue weighted by atomic mass is 10.1. The Balaban J connectivity index is 2.31. The van der Waals surface area contributed by atoms with Crippen molar-refractivity contribution < 1.29 is 0 Å². The number of hydrogen-bond acceptors (Lipinski definition) is 2. The summed E-state index contributed by atoms with van der Waals surface area (Å²) in [6, 6.07) is 7.84. The molecule has 2 nitrogen and oxygen atoms in total. The number of benzene rings is 1. The molecular weight excluding hydrogens is 228 g/mol. The quantitative estimate of drug-likeness (QED) is 0.679. The highest BCUT2D eigenvalue weighted by Gasteiger charge is 2.10. The summed E-state index contributed by atoms with van der Waals surface area (Å²) < 4.78 is 1.16. The van der Waals surface area contributed by atoms with Gasteiger partial charge in [0.25, 0.3) is 0 Å². The zero-order chi connectivity index (χ0) is 10.3. The fourth-order valence-corrected chi connectivity index (χ4v) is 2.65. The zero-order valence-electron chi connectivity index (χ0n) is 7.70. The molecule has 1 N–H and O–H groups in total. The van der Waals surface area contributed by atoms with Crippen molar-refractivity contribution in [2.45, 2.75) is 0 Å². The van der Waals surface area contributed by atoms with Crippen LogP contribution in [0.3, 0.4) is 0 Å². The van der Waals surface area contributed by atoms with Crippen molar-refractivity contribution in [2.75, 3.05) is 0 Å². The minimum atomic E-state index is 0.770. The Hall–Kier alpha value is -1.32. The lowest BCUT2D eigenvalue weighted by molar-refractivity contribution is 1.36. The first-order chi connectivity index (χ1) is 7.36. The molecule has 4 heteroatoms. The van der Waals surface area contributed by atoms with Gasteiger partial charge < -0.3 is 4.98 Å². The lowest BCUT2D eigenvalue weighted by Crippen LogP contribution is -1.74. The minimum absolute atomic E-state index is 0.770. The molecule has 0 saturated heterocycles. The van der Waals surface area contributed by atoms with Gasteiger partial charge in [-0.3, -0.25) is 0 Å². The highest BCUT2D eigenvalue weighted by atomic mass is 35.5. The third kappa shape index (κ3) is 1.35. The second-order valence-corrected chi connectivity index (χ2v) is 4.47. The first-order valence-corrected chi connectivity index (χ1v) is 5.77. The topological polar surface area (TPSA) is 28.7 Å². The van der Waals surface area contributed by atoms with E-state index in [1.54, 1.807) is 11.3 Å². The molecule has 74 valence electrons. The number of nitrogens with zero attached hydrogens (tertiary/aromatic N) is 1. The standard InChI is InChI=1S/C11H7ClN2S/c12-9-4-2-1-3-7(9)8-5-13-11-10(8)15-6-14-11/h1-6,13H. The van der Waals surface area contributed by atoms with E-state index < -0.39 is 0 Å². The van der Waals surface area contributed by atoms with Crippen LogP contribution in [0.1, 0.15) is 0 Å².